The molecule has 0 aromatic heterocycles. The molecule has 5 heteroatoms. The van der Waals surface area contributed by atoms with Crippen molar-refractivity contribution in [1.29, 1.82) is 5.26 Å². The molecular formula is C45H32N4O. The molecule has 5 nitrogen and oxygen atoms in total. The normalized spacial score (nSPS) is 15.4. The number of hydrogen-bond donors (Lipinski definition) is 0. The van der Waals surface area contributed by atoms with Crippen LogP contribution in [-0.2, 0) is 10.8 Å². The first-order chi connectivity index (χ1) is 24.2. The lowest BCUT2D eigenvalue weighted by Crippen LogP contribution is -2.30. The van der Waals surface area contributed by atoms with Crippen molar-refractivity contribution in [2.75, 3.05) is 9.80 Å². The van der Waals surface area contributed by atoms with E-state index in [1.54, 1.807) is 12.1 Å². The molecule has 0 bridgehead atoms. The van der Waals surface area contributed by atoms with Gasteiger partial charge in [0.25, 0.3) is 0 Å². The fourth-order valence-corrected chi connectivity index (χ4v) is 8.53. The van der Waals surface area contributed by atoms with Crippen molar-refractivity contribution in [3.63, 3.8) is 0 Å². The standard InChI is InChI=1S/C45H32N4O/c1-44(2)32-14-6-10-18-37(32)48(38-19-11-7-15-33(38)44)41-24-28-29-25-42(36(47-5)23-31(29)43(50)30(28)22-27(41)26-46)49-39-20-12-8-16-34(39)45(3,4)35-17-9-13-21-40(35)49/h6-25H,1-4H3. The quantitative estimate of drug-likeness (QED) is 0.176. The molecule has 0 spiro atoms. The van der Waals surface area contributed by atoms with Gasteiger partial charge in [0.05, 0.1) is 34.9 Å². The maximum Gasteiger partial charge on any atom is 0.211 e. The summed E-state index contributed by atoms with van der Waals surface area (Å²) in [6.07, 6.45) is 0. The van der Waals surface area contributed by atoms with E-state index in [0.29, 0.717) is 28.1 Å². The lowest BCUT2D eigenvalue weighted by atomic mass is 9.73. The third kappa shape index (κ3) is 3.84. The van der Waals surface area contributed by atoms with Crippen LogP contribution >= 0.6 is 0 Å². The topological polar surface area (TPSA) is 51.7 Å². The zero-order valence-electron chi connectivity index (χ0n) is 28.2. The number of benzene rings is 6. The Kier molecular flexibility index (Phi) is 6.11. The molecule has 0 N–H and O–H groups in total. The molecule has 0 atom stereocenters. The Bertz CT molecular complexity index is 2290. The Morgan fingerprint density at radius 2 is 0.920 bits per heavy atom. The average Bonchev–Trinajstić information content (AvgIpc) is 3.40. The van der Waals surface area contributed by atoms with Crippen molar-refractivity contribution >= 4 is 45.6 Å². The van der Waals surface area contributed by atoms with Gasteiger partial charge in [0.1, 0.15) is 6.07 Å². The van der Waals surface area contributed by atoms with Gasteiger partial charge in [0, 0.05) is 33.3 Å². The van der Waals surface area contributed by atoms with Gasteiger partial charge in [-0.05, 0) is 81.9 Å². The van der Waals surface area contributed by atoms with Gasteiger partial charge in [-0.25, -0.2) is 4.85 Å². The first kappa shape index (κ1) is 29.7. The molecule has 6 aromatic rings. The lowest BCUT2D eigenvalue weighted by Gasteiger charge is -2.42. The first-order valence-electron chi connectivity index (χ1n) is 16.8. The van der Waals surface area contributed by atoms with Gasteiger partial charge in [0.15, 0.2) is 5.78 Å². The fraction of sp³-hybridized carbons (Fsp3) is 0.133. The molecule has 0 unspecified atom stereocenters. The van der Waals surface area contributed by atoms with Gasteiger partial charge >= 0.3 is 0 Å². The molecule has 0 amide bonds. The highest BCUT2D eigenvalue weighted by Crippen LogP contribution is 2.57. The summed E-state index contributed by atoms with van der Waals surface area (Å²) in [6.45, 7) is 17.2. The van der Waals surface area contributed by atoms with E-state index in [0.717, 1.165) is 61.8 Å². The van der Waals surface area contributed by atoms with Crippen LogP contribution < -0.4 is 9.80 Å². The highest BCUT2D eigenvalue weighted by molar-refractivity contribution is 6.23. The van der Waals surface area contributed by atoms with Crippen LogP contribution in [0.4, 0.5) is 39.8 Å². The Labute approximate surface area is 292 Å². The summed E-state index contributed by atoms with van der Waals surface area (Å²) in [7, 11) is 0. The van der Waals surface area contributed by atoms with Crippen LogP contribution in [0.3, 0.4) is 0 Å². The zero-order chi connectivity index (χ0) is 34.5. The van der Waals surface area contributed by atoms with E-state index in [1.807, 2.05) is 36.4 Å². The van der Waals surface area contributed by atoms with Crippen molar-refractivity contribution < 1.29 is 4.79 Å². The van der Waals surface area contributed by atoms with Gasteiger partial charge in [-0.1, -0.05) is 100 Å². The Morgan fingerprint density at radius 3 is 1.34 bits per heavy atom. The zero-order valence-corrected chi connectivity index (χ0v) is 28.2. The second kappa shape index (κ2) is 10.3. The molecule has 0 saturated heterocycles. The summed E-state index contributed by atoms with van der Waals surface area (Å²) >= 11 is 0. The van der Waals surface area contributed by atoms with Gasteiger partial charge in [-0.2, -0.15) is 5.26 Å². The van der Waals surface area contributed by atoms with E-state index in [9.17, 15) is 10.1 Å². The number of nitriles is 1. The summed E-state index contributed by atoms with van der Waals surface area (Å²) in [5, 5.41) is 10.6. The number of carbonyl (C=O) groups excluding carboxylic acids is 1. The van der Waals surface area contributed by atoms with Crippen LogP contribution in [0.5, 0.6) is 0 Å². The van der Waals surface area contributed by atoms with Gasteiger partial charge < -0.3 is 9.80 Å². The van der Waals surface area contributed by atoms with E-state index < -0.39 is 0 Å². The molecule has 1 aliphatic carbocycles. The molecule has 0 saturated carbocycles. The minimum absolute atomic E-state index is 0.171. The second-order valence-electron chi connectivity index (χ2n) is 14.3. The molecule has 238 valence electrons. The SMILES string of the molecule is [C-]#[N+]c1cc2c(cc1N1c3ccccc3C(C)(C)c3ccccc31)-c1cc(N3c4ccccc4C(C)(C)c4ccccc43)c(C#N)cc1C2=O. The van der Waals surface area contributed by atoms with Gasteiger partial charge in [0.2, 0.25) is 5.69 Å². The summed E-state index contributed by atoms with van der Waals surface area (Å²) in [4.78, 5) is 22.5. The number of para-hydroxylation sites is 4. The molecule has 6 aromatic carbocycles. The Balaban J connectivity index is 1.30. The van der Waals surface area contributed by atoms with E-state index in [4.69, 9.17) is 6.57 Å². The number of rotatable bonds is 2. The van der Waals surface area contributed by atoms with Gasteiger partial charge in [-0.3, -0.25) is 4.79 Å². The van der Waals surface area contributed by atoms with E-state index in [1.165, 1.54) is 0 Å². The van der Waals surface area contributed by atoms with Crippen molar-refractivity contribution in [1.82, 2.24) is 0 Å². The van der Waals surface area contributed by atoms with Crippen LogP contribution in [-0.4, -0.2) is 5.78 Å². The molecule has 50 heavy (non-hydrogen) atoms. The van der Waals surface area contributed by atoms with E-state index >= 15 is 0 Å². The molecular weight excluding hydrogens is 613 g/mol. The average molecular weight is 645 g/mol. The second-order valence-corrected chi connectivity index (χ2v) is 14.3. The smallest absolute Gasteiger partial charge is 0.211 e. The number of carbonyl (C=O) groups is 1. The lowest BCUT2D eigenvalue weighted by molar-refractivity contribution is 0.104. The van der Waals surface area contributed by atoms with Crippen molar-refractivity contribution in [2.45, 2.75) is 38.5 Å². The number of fused-ring (bicyclic) bond motifs is 7. The minimum Gasteiger partial charge on any atom is -0.320 e. The van der Waals surface area contributed by atoms with Crippen LogP contribution in [0.2, 0.25) is 0 Å². The largest absolute Gasteiger partial charge is 0.320 e. The highest BCUT2D eigenvalue weighted by atomic mass is 16.1. The Morgan fingerprint density at radius 1 is 0.540 bits per heavy atom. The monoisotopic (exact) mass is 644 g/mol. The van der Waals surface area contributed by atoms with Crippen LogP contribution in [0.15, 0.2) is 121 Å². The number of ketones is 1. The number of hydrogen-bond acceptors (Lipinski definition) is 4. The summed E-state index contributed by atoms with van der Waals surface area (Å²) in [6, 6.07) is 43.3. The molecule has 0 fully saturated rings. The highest BCUT2D eigenvalue weighted by Gasteiger charge is 2.40. The maximum atomic E-state index is 14.1. The first-order valence-corrected chi connectivity index (χ1v) is 16.8. The molecule has 3 aliphatic rings. The van der Waals surface area contributed by atoms with E-state index in [2.05, 4.69) is 121 Å². The maximum absolute atomic E-state index is 14.1. The van der Waals surface area contributed by atoms with Crippen molar-refractivity contribution in [3.8, 4) is 17.2 Å². The molecule has 9 rings (SSSR count). The molecule has 2 heterocycles. The van der Waals surface area contributed by atoms with Crippen molar-refractivity contribution in [3.05, 3.63) is 172 Å². The molecule has 0 radical (unpaired) electrons. The van der Waals surface area contributed by atoms with Crippen LogP contribution in [0.1, 0.15) is 71.4 Å². The Hall–Kier alpha value is -6.43. The summed E-state index contributed by atoms with van der Waals surface area (Å²) in [5.74, 6) is -0.171. The predicted octanol–water partition coefficient (Wildman–Crippen LogP) is 11.5. The summed E-state index contributed by atoms with van der Waals surface area (Å²) in [5.41, 5.74) is 12.9. The third-order valence-corrected chi connectivity index (χ3v) is 11.0. The van der Waals surface area contributed by atoms with Gasteiger partial charge in [-0.15, -0.1) is 0 Å². The molecule has 2 aliphatic heterocycles. The van der Waals surface area contributed by atoms with Crippen LogP contribution in [0.25, 0.3) is 16.0 Å². The van der Waals surface area contributed by atoms with Crippen LogP contribution in [0, 0.1) is 17.9 Å². The minimum atomic E-state index is -0.254. The summed E-state index contributed by atoms with van der Waals surface area (Å²) < 4.78 is 0. The number of anilines is 6. The predicted molar refractivity (Wildman–Crippen MR) is 200 cm³/mol. The van der Waals surface area contributed by atoms with Crippen molar-refractivity contribution in [2.24, 2.45) is 0 Å². The third-order valence-electron chi connectivity index (χ3n) is 11.0. The number of nitrogens with zero attached hydrogens (tertiary/aromatic N) is 4. The fourth-order valence-electron chi connectivity index (χ4n) is 8.53. The van der Waals surface area contributed by atoms with E-state index in [-0.39, 0.29) is 16.6 Å².